The van der Waals surface area contributed by atoms with Gasteiger partial charge in [0.2, 0.25) is 5.88 Å². The summed E-state index contributed by atoms with van der Waals surface area (Å²) in [5.41, 5.74) is -0.516. The summed E-state index contributed by atoms with van der Waals surface area (Å²) in [6.07, 6.45) is 1.16. The van der Waals surface area contributed by atoms with Crippen LogP contribution < -0.4 is 4.74 Å². The molecule has 0 bridgehead atoms. The number of hydrogen-bond acceptors (Lipinski definition) is 6. The molecule has 0 spiro atoms. The van der Waals surface area contributed by atoms with Gasteiger partial charge in [0.25, 0.3) is 0 Å². The van der Waals surface area contributed by atoms with E-state index < -0.39 is 12.2 Å². The number of piperazine rings is 1. The Morgan fingerprint density at radius 3 is 2.50 bits per heavy atom. The first-order valence-corrected chi connectivity index (χ1v) is 9.74. The maximum Gasteiger partial charge on any atom is 0.410 e. The monoisotopic (exact) mass is 411 g/mol. The van der Waals surface area contributed by atoms with E-state index in [0.29, 0.717) is 31.6 Å². The van der Waals surface area contributed by atoms with Crippen molar-refractivity contribution < 1.29 is 23.0 Å². The van der Waals surface area contributed by atoms with Gasteiger partial charge in [-0.15, -0.1) is 0 Å². The van der Waals surface area contributed by atoms with Gasteiger partial charge in [0.15, 0.2) is 0 Å². The van der Waals surface area contributed by atoms with Crippen LogP contribution in [0.3, 0.4) is 0 Å². The largest absolute Gasteiger partial charge is 0.444 e. The Kier molecular flexibility index (Phi) is 6.24. The molecule has 1 fully saturated rings. The van der Waals surface area contributed by atoms with E-state index in [-0.39, 0.29) is 12.0 Å². The lowest BCUT2D eigenvalue weighted by atomic mass is 10.2. The fraction of sp³-hybridized carbons (Fsp3) is 0.474. The summed E-state index contributed by atoms with van der Waals surface area (Å²) in [6.45, 7) is 5.09. The van der Waals surface area contributed by atoms with E-state index in [2.05, 4.69) is 14.0 Å². The second-order valence-corrected chi connectivity index (χ2v) is 8.47. The number of benzene rings is 1. The van der Waals surface area contributed by atoms with Gasteiger partial charge in [0.1, 0.15) is 5.60 Å². The number of carbonyl (C=O) groups is 1. The summed E-state index contributed by atoms with van der Waals surface area (Å²) >= 11 is 1.53. The molecule has 9 heteroatoms. The maximum atomic E-state index is 12.6. The molecule has 1 aromatic heterocycles. The minimum atomic E-state index is -2.92. The number of ether oxygens (including phenoxy) is 2. The van der Waals surface area contributed by atoms with Crippen molar-refractivity contribution in [3.05, 3.63) is 30.5 Å². The van der Waals surface area contributed by atoms with E-state index in [4.69, 9.17) is 4.74 Å². The number of amides is 1. The number of halogens is 2. The molecule has 0 unspecified atom stereocenters. The summed E-state index contributed by atoms with van der Waals surface area (Å²) in [5, 5.41) is 1.34. The molecule has 28 heavy (non-hydrogen) atoms. The average molecular weight is 411 g/mol. The number of nitrogens with zero attached hydrogens (tertiary/aromatic N) is 3. The van der Waals surface area contributed by atoms with Crippen LogP contribution in [0.5, 0.6) is 5.88 Å². The van der Waals surface area contributed by atoms with Crippen molar-refractivity contribution in [1.29, 1.82) is 0 Å². The van der Waals surface area contributed by atoms with Crippen LogP contribution in [0.15, 0.2) is 35.4 Å². The minimum Gasteiger partial charge on any atom is -0.444 e. The van der Waals surface area contributed by atoms with Gasteiger partial charge in [-0.3, -0.25) is 0 Å². The van der Waals surface area contributed by atoms with E-state index in [0.717, 1.165) is 10.3 Å². The first-order chi connectivity index (χ1) is 13.2. The highest BCUT2D eigenvalue weighted by Gasteiger charge is 2.26. The summed E-state index contributed by atoms with van der Waals surface area (Å²) in [4.78, 5) is 18.7. The zero-order chi connectivity index (χ0) is 20.3. The molecule has 6 nitrogen and oxygen atoms in total. The van der Waals surface area contributed by atoms with E-state index in [1.54, 1.807) is 23.1 Å². The Hall–Kier alpha value is -2.13. The van der Waals surface area contributed by atoms with Crippen molar-refractivity contribution in [3.8, 4) is 5.88 Å². The number of alkyl halides is 2. The van der Waals surface area contributed by atoms with Crippen LogP contribution in [0.25, 0.3) is 10.8 Å². The Balaban J connectivity index is 1.67. The highest BCUT2D eigenvalue weighted by Crippen LogP contribution is 2.34. The van der Waals surface area contributed by atoms with Crippen molar-refractivity contribution in [2.45, 2.75) is 37.9 Å². The average Bonchev–Trinajstić information content (AvgIpc) is 2.61. The third-order valence-corrected chi connectivity index (χ3v) is 5.22. The van der Waals surface area contributed by atoms with Crippen molar-refractivity contribution in [1.82, 2.24) is 14.2 Å². The lowest BCUT2D eigenvalue weighted by Crippen LogP contribution is -2.47. The molecule has 1 amide bonds. The number of aromatic nitrogens is 1. The molecule has 0 radical (unpaired) electrons. The fourth-order valence-corrected chi connectivity index (χ4v) is 3.88. The van der Waals surface area contributed by atoms with Crippen molar-refractivity contribution >= 4 is 28.8 Å². The predicted octanol–water partition coefficient (Wildman–Crippen LogP) is 4.40. The molecular weight excluding hydrogens is 388 g/mol. The Morgan fingerprint density at radius 2 is 1.86 bits per heavy atom. The van der Waals surface area contributed by atoms with E-state index in [1.165, 1.54) is 18.1 Å². The van der Waals surface area contributed by atoms with E-state index in [1.807, 2.05) is 26.8 Å². The van der Waals surface area contributed by atoms with Crippen LogP contribution in [-0.2, 0) is 4.74 Å². The van der Waals surface area contributed by atoms with Gasteiger partial charge in [0.05, 0.1) is 0 Å². The molecule has 2 heterocycles. The number of fused-ring (bicyclic) bond motifs is 1. The maximum absolute atomic E-state index is 12.6. The normalized spacial score (nSPS) is 15.9. The number of pyridine rings is 1. The molecular formula is C19H23F2N3O3S. The molecule has 0 saturated carbocycles. The smallest absolute Gasteiger partial charge is 0.410 e. The standard InChI is InChI=1S/C19H23F2N3O3S/c1-19(2,3)27-18(25)23-9-11-24(12-10-23)28-15-6-4-5-14-13(15)7-8-22-16(14)26-17(20)21/h4-8,17H,9-12H2,1-3H3. The first kappa shape index (κ1) is 20.6. The van der Waals surface area contributed by atoms with Gasteiger partial charge < -0.3 is 14.4 Å². The highest BCUT2D eigenvalue weighted by atomic mass is 32.2. The number of hydrogen-bond donors (Lipinski definition) is 0. The van der Waals surface area contributed by atoms with Crippen LogP contribution in [0.4, 0.5) is 13.6 Å². The molecule has 1 aliphatic rings. The summed E-state index contributed by atoms with van der Waals surface area (Å²) in [7, 11) is 0. The molecule has 0 N–H and O–H groups in total. The lowest BCUT2D eigenvalue weighted by molar-refractivity contribution is -0.0517. The molecule has 0 atom stereocenters. The molecule has 3 rings (SSSR count). The predicted molar refractivity (Wildman–Crippen MR) is 104 cm³/mol. The molecule has 1 aromatic carbocycles. The summed E-state index contributed by atoms with van der Waals surface area (Å²) in [5.74, 6) is -0.0790. The molecule has 0 aliphatic carbocycles. The molecule has 1 aliphatic heterocycles. The van der Waals surface area contributed by atoms with Crippen LogP contribution in [-0.4, -0.2) is 58.7 Å². The van der Waals surface area contributed by atoms with Gasteiger partial charge in [-0.1, -0.05) is 6.07 Å². The third-order valence-electron chi connectivity index (χ3n) is 4.05. The topological polar surface area (TPSA) is 54.9 Å². The van der Waals surface area contributed by atoms with Crippen molar-refractivity contribution in [2.24, 2.45) is 0 Å². The van der Waals surface area contributed by atoms with Gasteiger partial charge in [0, 0.05) is 48.0 Å². The Morgan fingerprint density at radius 1 is 1.14 bits per heavy atom. The Bertz CT molecular complexity index is 837. The van der Waals surface area contributed by atoms with Crippen LogP contribution >= 0.6 is 11.9 Å². The lowest BCUT2D eigenvalue weighted by Gasteiger charge is -2.35. The Labute approximate surface area is 166 Å². The van der Waals surface area contributed by atoms with Crippen LogP contribution in [0.1, 0.15) is 20.8 Å². The second kappa shape index (κ2) is 8.48. The fourth-order valence-electron chi connectivity index (χ4n) is 2.84. The van der Waals surface area contributed by atoms with E-state index >= 15 is 0 Å². The van der Waals surface area contributed by atoms with Crippen molar-refractivity contribution in [3.63, 3.8) is 0 Å². The molecule has 1 saturated heterocycles. The number of carbonyl (C=O) groups excluding carboxylic acids is 1. The van der Waals surface area contributed by atoms with Gasteiger partial charge in [-0.2, -0.15) is 8.78 Å². The van der Waals surface area contributed by atoms with Gasteiger partial charge in [-0.25, -0.2) is 14.1 Å². The first-order valence-electron chi connectivity index (χ1n) is 8.96. The van der Waals surface area contributed by atoms with Gasteiger partial charge in [-0.05, 0) is 50.9 Å². The zero-order valence-electron chi connectivity index (χ0n) is 16.0. The van der Waals surface area contributed by atoms with Crippen LogP contribution in [0, 0.1) is 0 Å². The minimum absolute atomic E-state index is 0.0790. The van der Waals surface area contributed by atoms with Crippen LogP contribution in [0.2, 0.25) is 0 Å². The number of rotatable bonds is 4. The molecule has 2 aromatic rings. The summed E-state index contributed by atoms with van der Waals surface area (Å²) in [6, 6.07) is 7.22. The second-order valence-electron chi connectivity index (χ2n) is 7.33. The summed E-state index contributed by atoms with van der Waals surface area (Å²) < 4.78 is 37.3. The highest BCUT2D eigenvalue weighted by molar-refractivity contribution is 7.97. The SMILES string of the molecule is CC(C)(C)OC(=O)N1CCN(Sc2cccc3c(OC(F)F)nccc23)CC1. The van der Waals surface area contributed by atoms with Crippen molar-refractivity contribution in [2.75, 3.05) is 26.2 Å². The third kappa shape index (κ3) is 5.23. The zero-order valence-corrected chi connectivity index (χ0v) is 16.8. The van der Waals surface area contributed by atoms with Gasteiger partial charge >= 0.3 is 12.7 Å². The van der Waals surface area contributed by atoms with E-state index in [9.17, 15) is 13.6 Å². The molecule has 152 valence electrons. The quantitative estimate of drug-likeness (QED) is 0.696.